The Balaban J connectivity index is 1.76. The number of aryl methyl sites for hydroxylation is 1. The van der Waals surface area contributed by atoms with Crippen molar-refractivity contribution in [2.75, 3.05) is 32.1 Å². The molecule has 2 aromatic carbocycles. The number of fused-ring (bicyclic) bond motifs is 2. The van der Waals surface area contributed by atoms with Gasteiger partial charge in [-0.2, -0.15) is 0 Å². The monoisotopic (exact) mass is 425 g/mol. The minimum atomic E-state index is -0.109. The minimum absolute atomic E-state index is 0.109. The zero-order valence-corrected chi connectivity index (χ0v) is 18.0. The maximum absolute atomic E-state index is 13.4. The van der Waals surface area contributed by atoms with Crippen molar-refractivity contribution < 1.29 is 4.79 Å². The van der Waals surface area contributed by atoms with Gasteiger partial charge in [-0.1, -0.05) is 22.9 Å². The predicted octanol–water partition coefficient (Wildman–Crippen LogP) is 4.41. The first-order valence-electron chi connectivity index (χ1n) is 9.17. The molecule has 1 amide bonds. The van der Waals surface area contributed by atoms with Gasteiger partial charge in [0.1, 0.15) is 0 Å². The summed E-state index contributed by atoms with van der Waals surface area (Å²) in [6.45, 7) is 3.19. The standard InChI is InChI=1S/C21H20ClN5OS/c1-13-15(22)5-7-18-19(13)25-21(29-18)27(11-10-26(2)3)20(28)14-4-6-16-17(12-14)24-9-8-23-16/h4-9,12H,10-11H2,1-3H3. The molecule has 29 heavy (non-hydrogen) atoms. The lowest BCUT2D eigenvalue weighted by molar-refractivity contribution is 0.0985. The van der Waals surface area contributed by atoms with Crippen LogP contribution in [-0.2, 0) is 0 Å². The van der Waals surface area contributed by atoms with E-state index in [9.17, 15) is 4.79 Å². The summed E-state index contributed by atoms with van der Waals surface area (Å²) in [5.41, 5.74) is 3.77. The van der Waals surface area contributed by atoms with Gasteiger partial charge in [-0.25, -0.2) is 4.98 Å². The molecule has 0 saturated heterocycles. The summed E-state index contributed by atoms with van der Waals surface area (Å²) in [7, 11) is 3.97. The third kappa shape index (κ3) is 3.94. The third-order valence-electron chi connectivity index (χ3n) is 4.70. The topological polar surface area (TPSA) is 62.2 Å². The number of thiazole rings is 1. The molecular weight excluding hydrogens is 406 g/mol. The molecule has 0 spiro atoms. The molecule has 0 aliphatic carbocycles. The Bertz CT molecular complexity index is 1210. The molecule has 0 saturated carbocycles. The van der Waals surface area contributed by atoms with Gasteiger partial charge in [-0.05, 0) is 56.9 Å². The van der Waals surface area contributed by atoms with E-state index in [1.165, 1.54) is 11.3 Å². The number of carbonyl (C=O) groups is 1. The zero-order valence-electron chi connectivity index (χ0n) is 16.4. The van der Waals surface area contributed by atoms with Crippen molar-refractivity contribution in [1.29, 1.82) is 0 Å². The van der Waals surface area contributed by atoms with Crippen LogP contribution in [-0.4, -0.2) is 52.9 Å². The number of nitrogens with zero attached hydrogens (tertiary/aromatic N) is 5. The molecule has 4 aromatic rings. The van der Waals surface area contributed by atoms with E-state index < -0.39 is 0 Å². The molecule has 4 rings (SSSR count). The highest BCUT2D eigenvalue weighted by Gasteiger charge is 2.22. The van der Waals surface area contributed by atoms with Crippen LogP contribution in [0.1, 0.15) is 15.9 Å². The Labute approximate surface area is 177 Å². The average molecular weight is 426 g/mol. The fraction of sp³-hybridized carbons (Fsp3) is 0.238. The first kappa shape index (κ1) is 19.7. The summed E-state index contributed by atoms with van der Waals surface area (Å²) < 4.78 is 1.01. The lowest BCUT2D eigenvalue weighted by Gasteiger charge is -2.22. The Morgan fingerprint density at radius 1 is 1.07 bits per heavy atom. The molecule has 0 radical (unpaired) electrons. The Kier molecular flexibility index (Phi) is 5.45. The van der Waals surface area contributed by atoms with E-state index in [1.54, 1.807) is 29.4 Å². The highest BCUT2D eigenvalue weighted by atomic mass is 35.5. The van der Waals surface area contributed by atoms with Crippen molar-refractivity contribution in [2.24, 2.45) is 0 Å². The van der Waals surface area contributed by atoms with Gasteiger partial charge in [0.25, 0.3) is 5.91 Å². The van der Waals surface area contributed by atoms with E-state index in [1.807, 2.05) is 44.1 Å². The molecule has 2 heterocycles. The smallest absolute Gasteiger partial charge is 0.260 e. The van der Waals surface area contributed by atoms with Gasteiger partial charge in [0, 0.05) is 36.1 Å². The molecule has 6 nitrogen and oxygen atoms in total. The lowest BCUT2D eigenvalue weighted by Crippen LogP contribution is -2.36. The van der Waals surface area contributed by atoms with Crippen LogP contribution in [0.3, 0.4) is 0 Å². The van der Waals surface area contributed by atoms with Crippen LogP contribution in [0.2, 0.25) is 5.02 Å². The maximum atomic E-state index is 13.4. The fourth-order valence-electron chi connectivity index (χ4n) is 3.04. The lowest BCUT2D eigenvalue weighted by atomic mass is 10.1. The van der Waals surface area contributed by atoms with Crippen LogP contribution in [0.25, 0.3) is 21.3 Å². The van der Waals surface area contributed by atoms with E-state index in [4.69, 9.17) is 16.6 Å². The molecule has 148 valence electrons. The maximum Gasteiger partial charge on any atom is 0.260 e. The average Bonchev–Trinajstić information content (AvgIpc) is 3.15. The van der Waals surface area contributed by atoms with Crippen molar-refractivity contribution >= 4 is 55.2 Å². The molecule has 0 aliphatic heterocycles. The van der Waals surface area contributed by atoms with Crippen LogP contribution in [0.15, 0.2) is 42.7 Å². The number of carbonyl (C=O) groups excluding carboxylic acids is 1. The summed E-state index contributed by atoms with van der Waals surface area (Å²) >= 11 is 7.75. The first-order chi connectivity index (χ1) is 13.9. The van der Waals surface area contributed by atoms with Gasteiger partial charge in [-0.3, -0.25) is 19.7 Å². The normalized spacial score (nSPS) is 11.5. The number of halogens is 1. The number of benzene rings is 2. The van der Waals surface area contributed by atoms with E-state index in [-0.39, 0.29) is 5.91 Å². The van der Waals surface area contributed by atoms with Gasteiger partial charge in [0.05, 0.1) is 21.3 Å². The summed E-state index contributed by atoms with van der Waals surface area (Å²) in [5, 5.41) is 1.34. The molecule has 0 N–H and O–H groups in total. The number of amides is 1. The Hall–Kier alpha value is -2.61. The van der Waals surface area contributed by atoms with Gasteiger partial charge in [0.15, 0.2) is 5.13 Å². The van der Waals surface area contributed by atoms with E-state index in [0.717, 1.165) is 27.8 Å². The molecule has 2 aromatic heterocycles. The number of hydrogen-bond donors (Lipinski definition) is 0. The summed E-state index contributed by atoms with van der Waals surface area (Å²) in [6.07, 6.45) is 3.27. The second kappa shape index (κ2) is 8.02. The SMILES string of the molecule is Cc1c(Cl)ccc2sc(N(CCN(C)C)C(=O)c3ccc4nccnc4c3)nc12. The summed E-state index contributed by atoms with van der Waals surface area (Å²) in [4.78, 5) is 30.5. The van der Waals surface area contributed by atoms with E-state index in [0.29, 0.717) is 27.8 Å². The number of aromatic nitrogens is 3. The molecule has 0 bridgehead atoms. The van der Waals surface area contributed by atoms with E-state index >= 15 is 0 Å². The van der Waals surface area contributed by atoms with Crippen molar-refractivity contribution in [3.05, 3.63) is 58.9 Å². The van der Waals surface area contributed by atoms with Crippen LogP contribution >= 0.6 is 22.9 Å². The van der Waals surface area contributed by atoms with Gasteiger partial charge < -0.3 is 4.90 Å². The van der Waals surface area contributed by atoms with Gasteiger partial charge in [0.2, 0.25) is 0 Å². The van der Waals surface area contributed by atoms with Crippen molar-refractivity contribution in [3.8, 4) is 0 Å². The quantitative estimate of drug-likeness (QED) is 0.474. The van der Waals surface area contributed by atoms with Gasteiger partial charge in [-0.15, -0.1) is 0 Å². The van der Waals surface area contributed by atoms with Crippen molar-refractivity contribution in [1.82, 2.24) is 19.9 Å². The number of hydrogen-bond acceptors (Lipinski definition) is 6. The molecule has 0 unspecified atom stereocenters. The molecule has 0 aliphatic rings. The van der Waals surface area contributed by atoms with Crippen LogP contribution in [0.5, 0.6) is 0 Å². The second-order valence-corrected chi connectivity index (χ2v) is 8.45. The number of likely N-dealkylation sites (N-methyl/N-ethyl adjacent to an activating group) is 1. The Morgan fingerprint density at radius 2 is 1.83 bits per heavy atom. The zero-order chi connectivity index (χ0) is 20.5. The van der Waals surface area contributed by atoms with E-state index in [2.05, 4.69) is 9.97 Å². The number of rotatable bonds is 5. The highest BCUT2D eigenvalue weighted by Crippen LogP contribution is 2.34. The Morgan fingerprint density at radius 3 is 2.59 bits per heavy atom. The van der Waals surface area contributed by atoms with Crippen LogP contribution in [0.4, 0.5) is 5.13 Å². The second-order valence-electron chi connectivity index (χ2n) is 7.04. The first-order valence-corrected chi connectivity index (χ1v) is 10.4. The fourth-order valence-corrected chi connectivity index (χ4v) is 4.24. The minimum Gasteiger partial charge on any atom is -0.308 e. The summed E-state index contributed by atoms with van der Waals surface area (Å²) in [5.74, 6) is -0.109. The molecular formula is C21H20ClN5OS. The molecule has 0 fully saturated rings. The van der Waals surface area contributed by atoms with Crippen molar-refractivity contribution in [2.45, 2.75) is 6.92 Å². The third-order valence-corrected chi connectivity index (χ3v) is 6.15. The van der Waals surface area contributed by atoms with Gasteiger partial charge >= 0.3 is 0 Å². The highest BCUT2D eigenvalue weighted by molar-refractivity contribution is 7.22. The van der Waals surface area contributed by atoms with Crippen LogP contribution in [0, 0.1) is 6.92 Å². The molecule has 8 heteroatoms. The predicted molar refractivity (Wildman–Crippen MR) is 119 cm³/mol. The number of anilines is 1. The van der Waals surface area contributed by atoms with Crippen molar-refractivity contribution in [3.63, 3.8) is 0 Å². The van der Waals surface area contributed by atoms with Crippen LogP contribution < -0.4 is 4.90 Å². The summed E-state index contributed by atoms with van der Waals surface area (Å²) in [6, 6.07) is 9.21. The molecule has 0 atom stereocenters. The largest absolute Gasteiger partial charge is 0.308 e.